The van der Waals surface area contributed by atoms with Crippen LogP contribution in [0.15, 0.2) is 0 Å². The Bertz CT molecular complexity index is 255. The Balaban J connectivity index is 1.87. The Labute approximate surface area is 98.4 Å². The normalized spacial score (nSPS) is 23.4. The van der Waals surface area contributed by atoms with Crippen molar-refractivity contribution in [2.75, 3.05) is 20.1 Å². The molecule has 2 N–H and O–H groups in total. The smallest absolute Gasteiger partial charge is 0.229 e. The molecule has 1 amide bonds. The van der Waals surface area contributed by atoms with Crippen LogP contribution < -0.4 is 5.73 Å². The van der Waals surface area contributed by atoms with Crippen LogP contribution in [0, 0.1) is 11.3 Å². The van der Waals surface area contributed by atoms with Gasteiger partial charge >= 0.3 is 0 Å². The van der Waals surface area contributed by atoms with Crippen molar-refractivity contribution in [2.45, 2.75) is 44.9 Å². The second-order valence-corrected chi connectivity index (χ2v) is 5.65. The molecule has 0 aromatic carbocycles. The highest BCUT2D eigenvalue weighted by molar-refractivity contribution is 5.83. The first-order chi connectivity index (χ1) is 7.68. The third kappa shape index (κ3) is 2.40. The van der Waals surface area contributed by atoms with Crippen molar-refractivity contribution < 1.29 is 4.79 Å². The number of rotatable bonds is 5. The van der Waals surface area contributed by atoms with Gasteiger partial charge in [0.15, 0.2) is 0 Å². The van der Waals surface area contributed by atoms with Crippen molar-refractivity contribution in [2.24, 2.45) is 17.1 Å². The molecule has 0 atom stereocenters. The maximum atomic E-state index is 12.4. The molecule has 3 nitrogen and oxygen atoms in total. The van der Waals surface area contributed by atoms with Gasteiger partial charge in [-0.2, -0.15) is 0 Å². The topological polar surface area (TPSA) is 46.3 Å². The Morgan fingerprint density at radius 3 is 2.50 bits per heavy atom. The first-order valence-electron chi connectivity index (χ1n) is 6.63. The van der Waals surface area contributed by atoms with Gasteiger partial charge in [0.2, 0.25) is 5.91 Å². The van der Waals surface area contributed by atoms with Gasteiger partial charge in [0, 0.05) is 20.1 Å². The molecule has 16 heavy (non-hydrogen) atoms. The summed E-state index contributed by atoms with van der Waals surface area (Å²) >= 11 is 0. The van der Waals surface area contributed by atoms with Gasteiger partial charge in [-0.15, -0.1) is 0 Å². The molecule has 2 fully saturated rings. The summed E-state index contributed by atoms with van der Waals surface area (Å²) in [6.07, 6.45) is 8.24. The summed E-state index contributed by atoms with van der Waals surface area (Å²) in [5.41, 5.74) is 5.62. The number of amides is 1. The zero-order valence-corrected chi connectivity index (χ0v) is 10.4. The number of nitrogens with zero attached hydrogens (tertiary/aromatic N) is 1. The highest BCUT2D eigenvalue weighted by Gasteiger charge is 2.41. The highest BCUT2D eigenvalue weighted by Crippen LogP contribution is 2.39. The molecule has 0 unspecified atom stereocenters. The van der Waals surface area contributed by atoms with Crippen LogP contribution in [0.3, 0.4) is 0 Å². The van der Waals surface area contributed by atoms with Crippen molar-refractivity contribution in [1.29, 1.82) is 0 Å². The van der Waals surface area contributed by atoms with E-state index in [0.717, 1.165) is 25.3 Å². The van der Waals surface area contributed by atoms with E-state index in [1.807, 2.05) is 11.9 Å². The van der Waals surface area contributed by atoms with E-state index in [0.29, 0.717) is 12.5 Å². The molecule has 2 rings (SSSR count). The zero-order valence-electron chi connectivity index (χ0n) is 10.4. The quantitative estimate of drug-likeness (QED) is 0.773. The molecule has 0 heterocycles. The SMILES string of the molecule is CN(CCC1CC1)C(=O)C1(CN)CCCC1. The van der Waals surface area contributed by atoms with Crippen molar-refractivity contribution >= 4 is 5.91 Å². The van der Waals surface area contributed by atoms with Crippen LogP contribution in [0.4, 0.5) is 0 Å². The molecule has 92 valence electrons. The van der Waals surface area contributed by atoms with E-state index in [1.54, 1.807) is 0 Å². The van der Waals surface area contributed by atoms with Crippen LogP contribution in [0.5, 0.6) is 0 Å². The second kappa shape index (κ2) is 4.74. The Morgan fingerprint density at radius 1 is 1.38 bits per heavy atom. The fourth-order valence-electron chi connectivity index (χ4n) is 2.85. The van der Waals surface area contributed by atoms with Crippen LogP contribution in [-0.4, -0.2) is 30.9 Å². The van der Waals surface area contributed by atoms with Crippen LogP contribution in [0.1, 0.15) is 44.9 Å². The maximum absolute atomic E-state index is 12.4. The molecular weight excluding hydrogens is 200 g/mol. The lowest BCUT2D eigenvalue weighted by Crippen LogP contribution is -2.45. The molecular formula is C13H24N2O. The summed E-state index contributed by atoms with van der Waals surface area (Å²) < 4.78 is 0. The summed E-state index contributed by atoms with van der Waals surface area (Å²) in [4.78, 5) is 14.3. The minimum absolute atomic E-state index is 0.210. The molecule has 2 saturated carbocycles. The molecule has 0 saturated heterocycles. The predicted molar refractivity (Wildman–Crippen MR) is 64.9 cm³/mol. The van der Waals surface area contributed by atoms with Gasteiger partial charge in [-0.1, -0.05) is 25.7 Å². The van der Waals surface area contributed by atoms with E-state index in [9.17, 15) is 4.79 Å². The van der Waals surface area contributed by atoms with Crippen molar-refractivity contribution in [3.05, 3.63) is 0 Å². The summed E-state index contributed by atoms with van der Waals surface area (Å²) in [7, 11) is 1.94. The van der Waals surface area contributed by atoms with E-state index in [4.69, 9.17) is 5.73 Å². The van der Waals surface area contributed by atoms with Crippen molar-refractivity contribution in [3.8, 4) is 0 Å². The van der Waals surface area contributed by atoms with Gasteiger partial charge in [0.25, 0.3) is 0 Å². The molecule has 3 heteroatoms. The van der Waals surface area contributed by atoms with E-state index in [2.05, 4.69) is 0 Å². The average molecular weight is 224 g/mol. The minimum atomic E-state index is -0.210. The molecule has 2 aliphatic carbocycles. The monoisotopic (exact) mass is 224 g/mol. The van der Waals surface area contributed by atoms with Crippen LogP contribution in [-0.2, 0) is 4.79 Å². The third-order valence-corrected chi connectivity index (χ3v) is 4.32. The Hall–Kier alpha value is -0.570. The van der Waals surface area contributed by atoms with Gasteiger partial charge in [0.05, 0.1) is 5.41 Å². The van der Waals surface area contributed by atoms with Crippen molar-refractivity contribution in [3.63, 3.8) is 0 Å². The average Bonchev–Trinajstić information content (AvgIpc) is 3.01. The summed E-state index contributed by atoms with van der Waals surface area (Å²) in [6.45, 7) is 1.45. The van der Waals surface area contributed by atoms with Gasteiger partial charge < -0.3 is 10.6 Å². The van der Waals surface area contributed by atoms with E-state index in [1.165, 1.54) is 32.1 Å². The van der Waals surface area contributed by atoms with Crippen molar-refractivity contribution in [1.82, 2.24) is 4.90 Å². The first kappa shape index (κ1) is 11.9. The zero-order chi connectivity index (χ0) is 11.6. The Morgan fingerprint density at radius 2 is 2.00 bits per heavy atom. The van der Waals surface area contributed by atoms with Crippen LogP contribution in [0.2, 0.25) is 0 Å². The fraction of sp³-hybridized carbons (Fsp3) is 0.923. The van der Waals surface area contributed by atoms with E-state index < -0.39 is 0 Å². The fourth-order valence-corrected chi connectivity index (χ4v) is 2.85. The van der Waals surface area contributed by atoms with E-state index >= 15 is 0 Å². The molecule has 2 aliphatic rings. The maximum Gasteiger partial charge on any atom is 0.229 e. The van der Waals surface area contributed by atoms with Gasteiger partial charge in [0.1, 0.15) is 0 Å². The lowest BCUT2D eigenvalue weighted by molar-refractivity contribution is -0.140. The van der Waals surface area contributed by atoms with Crippen LogP contribution >= 0.6 is 0 Å². The summed E-state index contributed by atoms with van der Waals surface area (Å²) in [5.74, 6) is 1.20. The van der Waals surface area contributed by atoms with E-state index in [-0.39, 0.29) is 5.41 Å². The van der Waals surface area contributed by atoms with Gasteiger partial charge in [-0.25, -0.2) is 0 Å². The standard InChI is InChI=1S/C13H24N2O/c1-15(9-6-11-4-5-11)12(16)13(10-14)7-2-3-8-13/h11H,2-10,14H2,1H3. The van der Waals surface area contributed by atoms with Gasteiger partial charge in [-0.3, -0.25) is 4.79 Å². The molecule has 0 aromatic heterocycles. The lowest BCUT2D eigenvalue weighted by atomic mass is 9.84. The predicted octanol–water partition coefficient (Wildman–Crippen LogP) is 1.76. The minimum Gasteiger partial charge on any atom is -0.345 e. The number of nitrogens with two attached hydrogens (primary N) is 1. The molecule has 0 aromatic rings. The molecule has 0 bridgehead atoms. The Kier molecular flexibility index (Phi) is 3.53. The lowest BCUT2D eigenvalue weighted by Gasteiger charge is -2.31. The number of carbonyl (C=O) groups is 1. The van der Waals surface area contributed by atoms with Crippen LogP contribution in [0.25, 0.3) is 0 Å². The first-order valence-corrected chi connectivity index (χ1v) is 6.63. The molecule has 0 spiro atoms. The number of hydrogen-bond donors (Lipinski definition) is 1. The second-order valence-electron chi connectivity index (χ2n) is 5.65. The number of carbonyl (C=O) groups excluding carboxylic acids is 1. The number of hydrogen-bond acceptors (Lipinski definition) is 2. The highest BCUT2D eigenvalue weighted by atomic mass is 16.2. The summed E-state index contributed by atoms with van der Waals surface area (Å²) in [6, 6.07) is 0. The molecule has 0 radical (unpaired) electrons. The third-order valence-electron chi connectivity index (χ3n) is 4.32. The van der Waals surface area contributed by atoms with Gasteiger partial charge in [-0.05, 0) is 25.2 Å². The molecule has 0 aliphatic heterocycles. The largest absolute Gasteiger partial charge is 0.345 e. The summed E-state index contributed by atoms with van der Waals surface area (Å²) in [5, 5.41) is 0.